The summed E-state index contributed by atoms with van der Waals surface area (Å²) in [6.45, 7) is 6.87. The van der Waals surface area contributed by atoms with E-state index in [1.54, 1.807) is 7.11 Å². The zero-order valence-electron chi connectivity index (χ0n) is 19.1. The van der Waals surface area contributed by atoms with Crippen LogP contribution >= 0.6 is 0 Å². The van der Waals surface area contributed by atoms with E-state index >= 15 is 0 Å². The summed E-state index contributed by atoms with van der Waals surface area (Å²) in [5.74, 6) is 1.33. The first-order chi connectivity index (χ1) is 15.5. The first-order valence-electron chi connectivity index (χ1n) is 11.3. The fourth-order valence-corrected chi connectivity index (χ4v) is 4.20. The zero-order chi connectivity index (χ0) is 22.5. The third kappa shape index (κ3) is 5.37. The largest absolute Gasteiger partial charge is 0.497 e. The number of rotatable bonds is 7. The number of carbonyl (C=O) groups is 1. The number of anilines is 1. The minimum atomic E-state index is -0.00528. The molecular weight excluding hydrogens is 400 g/mol. The minimum Gasteiger partial charge on any atom is -0.497 e. The Labute approximate surface area is 190 Å². The monoisotopic (exact) mass is 432 g/mol. The van der Waals surface area contributed by atoms with Crippen LogP contribution in [0.3, 0.4) is 0 Å². The molecule has 2 heterocycles. The summed E-state index contributed by atoms with van der Waals surface area (Å²) >= 11 is 0. The van der Waals surface area contributed by atoms with E-state index in [9.17, 15) is 4.79 Å². The van der Waals surface area contributed by atoms with Crippen LogP contribution in [-0.2, 0) is 11.3 Å². The number of ether oxygens (including phenoxy) is 1. The Morgan fingerprint density at radius 2 is 2.00 bits per heavy atom. The number of hydrogen-bond donors (Lipinski definition) is 2. The van der Waals surface area contributed by atoms with Crippen molar-refractivity contribution in [1.29, 1.82) is 0 Å². The van der Waals surface area contributed by atoms with Gasteiger partial charge in [-0.05, 0) is 66.8 Å². The fraction of sp³-hybridized carbons (Fsp3) is 0.385. The van der Waals surface area contributed by atoms with Crippen LogP contribution in [0, 0.1) is 5.92 Å². The van der Waals surface area contributed by atoms with E-state index in [4.69, 9.17) is 4.74 Å². The second-order valence-corrected chi connectivity index (χ2v) is 8.85. The summed E-state index contributed by atoms with van der Waals surface area (Å²) < 4.78 is 5.31. The van der Waals surface area contributed by atoms with Gasteiger partial charge in [0, 0.05) is 24.5 Å². The van der Waals surface area contributed by atoms with Crippen LogP contribution in [0.2, 0.25) is 0 Å². The fourth-order valence-electron chi connectivity index (χ4n) is 4.20. The molecule has 4 rings (SSSR count). The first kappa shape index (κ1) is 22.1. The number of H-pyrrole nitrogens is 1. The lowest BCUT2D eigenvalue weighted by atomic mass is 9.96. The molecule has 0 bridgehead atoms. The number of aromatic nitrogens is 2. The smallest absolute Gasteiger partial charge is 0.228 e. The van der Waals surface area contributed by atoms with Gasteiger partial charge in [-0.1, -0.05) is 38.1 Å². The van der Waals surface area contributed by atoms with Gasteiger partial charge in [-0.3, -0.25) is 14.8 Å². The van der Waals surface area contributed by atoms with Gasteiger partial charge in [-0.25, -0.2) is 0 Å². The van der Waals surface area contributed by atoms with E-state index in [-0.39, 0.29) is 11.8 Å². The van der Waals surface area contributed by atoms with Gasteiger partial charge in [-0.15, -0.1) is 0 Å². The molecule has 1 aromatic heterocycles. The Kier molecular flexibility index (Phi) is 6.90. The lowest BCUT2D eigenvalue weighted by Gasteiger charge is -2.31. The molecule has 2 N–H and O–H groups in total. The second kappa shape index (κ2) is 10.0. The van der Waals surface area contributed by atoms with Gasteiger partial charge >= 0.3 is 0 Å². The van der Waals surface area contributed by atoms with E-state index < -0.39 is 0 Å². The number of carbonyl (C=O) groups excluding carboxylic acids is 1. The number of aromatic amines is 1. The number of piperidine rings is 1. The summed E-state index contributed by atoms with van der Waals surface area (Å²) in [5, 5.41) is 10.6. The van der Waals surface area contributed by atoms with Gasteiger partial charge in [0.15, 0.2) is 0 Å². The summed E-state index contributed by atoms with van der Waals surface area (Å²) in [5.41, 5.74) is 5.20. The van der Waals surface area contributed by atoms with Crippen molar-refractivity contribution in [1.82, 2.24) is 15.1 Å². The van der Waals surface area contributed by atoms with E-state index in [0.29, 0.717) is 5.92 Å². The zero-order valence-corrected chi connectivity index (χ0v) is 19.1. The Hall–Kier alpha value is -3.12. The van der Waals surface area contributed by atoms with E-state index in [1.165, 1.54) is 0 Å². The van der Waals surface area contributed by atoms with Crippen LogP contribution in [0.5, 0.6) is 5.75 Å². The molecule has 1 aliphatic heterocycles. The van der Waals surface area contributed by atoms with Crippen molar-refractivity contribution in [2.24, 2.45) is 5.92 Å². The molecule has 0 unspecified atom stereocenters. The van der Waals surface area contributed by atoms with E-state index in [2.05, 4.69) is 46.4 Å². The van der Waals surface area contributed by atoms with E-state index in [1.807, 2.05) is 42.5 Å². The summed E-state index contributed by atoms with van der Waals surface area (Å²) in [6, 6.07) is 18.1. The van der Waals surface area contributed by atoms with Crippen molar-refractivity contribution in [3.63, 3.8) is 0 Å². The molecule has 6 heteroatoms. The maximum absolute atomic E-state index is 12.9. The van der Waals surface area contributed by atoms with Gasteiger partial charge in [0.25, 0.3) is 0 Å². The third-order valence-electron chi connectivity index (χ3n) is 6.07. The van der Waals surface area contributed by atoms with Crippen molar-refractivity contribution in [3.05, 3.63) is 66.0 Å². The van der Waals surface area contributed by atoms with Crippen molar-refractivity contribution in [2.75, 3.05) is 25.5 Å². The third-order valence-corrected chi connectivity index (χ3v) is 6.07. The topological polar surface area (TPSA) is 70.2 Å². The molecule has 0 radical (unpaired) electrons. The number of amides is 1. The molecule has 1 atom stereocenters. The Morgan fingerprint density at radius 3 is 2.72 bits per heavy atom. The van der Waals surface area contributed by atoms with Gasteiger partial charge in [-0.2, -0.15) is 5.10 Å². The van der Waals surface area contributed by atoms with Crippen molar-refractivity contribution in [2.45, 2.75) is 39.2 Å². The summed E-state index contributed by atoms with van der Waals surface area (Å²) in [6.07, 6.45) is 1.95. The van der Waals surface area contributed by atoms with Gasteiger partial charge < -0.3 is 10.1 Å². The molecule has 1 fully saturated rings. The van der Waals surface area contributed by atoms with Gasteiger partial charge in [0.05, 0.1) is 18.7 Å². The predicted octanol–water partition coefficient (Wildman–Crippen LogP) is 5.06. The molecular formula is C26H32N4O2. The number of nitrogens with one attached hydrogen (secondary N) is 2. The number of hydrogen-bond acceptors (Lipinski definition) is 4. The lowest BCUT2D eigenvalue weighted by molar-refractivity contribution is -0.121. The number of benzene rings is 2. The molecule has 3 aromatic rings. The second-order valence-electron chi connectivity index (χ2n) is 8.85. The Balaban J connectivity index is 1.34. The molecule has 0 spiro atoms. The highest BCUT2D eigenvalue weighted by Crippen LogP contribution is 2.26. The molecule has 32 heavy (non-hydrogen) atoms. The van der Waals surface area contributed by atoms with E-state index in [0.717, 1.165) is 66.4 Å². The molecule has 168 valence electrons. The van der Waals surface area contributed by atoms with Gasteiger partial charge in [0.2, 0.25) is 5.91 Å². The molecule has 0 aliphatic carbocycles. The van der Waals surface area contributed by atoms with Crippen molar-refractivity contribution in [3.8, 4) is 16.9 Å². The SMILES string of the molecule is COc1cccc(-c2ccc(NC(=O)[C@H]3CCCN(Cc4cc(C(C)C)n[nH]4)C3)cc2)c1. The summed E-state index contributed by atoms with van der Waals surface area (Å²) in [4.78, 5) is 15.3. The maximum Gasteiger partial charge on any atom is 0.228 e. The van der Waals surface area contributed by atoms with Crippen LogP contribution < -0.4 is 10.1 Å². The standard InChI is InChI=1S/C26H32N4O2/c1-18(2)25-15-23(28-29-25)17-30-13-5-7-21(16-30)26(31)27-22-11-9-19(10-12-22)20-6-4-8-24(14-20)32-3/h4,6,8-12,14-15,18,21H,5,7,13,16-17H2,1-3H3,(H,27,31)(H,28,29)/t21-/m0/s1. The Morgan fingerprint density at radius 1 is 1.19 bits per heavy atom. The average molecular weight is 433 g/mol. The summed E-state index contributed by atoms with van der Waals surface area (Å²) in [7, 11) is 1.67. The number of likely N-dealkylation sites (tertiary alicyclic amines) is 1. The highest BCUT2D eigenvalue weighted by Gasteiger charge is 2.26. The van der Waals surface area contributed by atoms with Crippen LogP contribution in [0.4, 0.5) is 5.69 Å². The average Bonchev–Trinajstić information content (AvgIpc) is 3.28. The highest BCUT2D eigenvalue weighted by atomic mass is 16.5. The number of nitrogens with zero attached hydrogens (tertiary/aromatic N) is 2. The molecule has 1 aliphatic rings. The van der Waals surface area contributed by atoms with Crippen LogP contribution in [-0.4, -0.2) is 41.2 Å². The van der Waals surface area contributed by atoms with Crippen molar-refractivity contribution < 1.29 is 9.53 Å². The maximum atomic E-state index is 12.9. The molecule has 1 saturated heterocycles. The minimum absolute atomic E-state index is 0.00528. The number of methoxy groups -OCH3 is 1. The lowest BCUT2D eigenvalue weighted by Crippen LogP contribution is -2.40. The van der Waals surface area contributed by atoms with Gasteiger partial charge in [0.1, 0.15) is 5.75 Å². The van der Waals surface area contributed by atoms with Crippen LogP contribution in [0.25, 0.3) is 11.1 Å². The molecule has 1 amide bonds. The Bertz CT molecular complexity index is 1040. The molecule has 2 aromatic carbocycles. The quantitative estimate of drug-likeness (QED) is 0.548. The normalized spacial score (nSPS) is 16.8. The molecule has 0 saturated carbocycles. The first-order valence-corrected chi connectivity index (χ1v) is 11.3. The van der Waals surface area contributed by atoms with Crippen LogP contribution in [0.15, 0.2) is 54.6 Å². The predicted molar refractivity (Wildman–Crippen MR) is 128 cm³/mol. The van der Waals surface area contributed by atoms with Crippen molar-refractivity contribution >= 4 is 11.6 Å². The van der Waals surface area contributed by atoms with Crippen LogP contribution in [0.1, 0.15) is 44.0 Å². The molecule has 6 nitrogen and oxygen atoms in total. The highest BCUT2D eigenvalue weighted by molar-refractivity contribution is 5.93.